The molecule has 0 bridgehead atoms. The Hall–Kier alpha value is -8.20. The van der Waals surface area contributed by atoms with Crippen molar-refractivity contribution in [2.75, 3.05) is 4.90 Å². The van der Waals surface area contributed by atoms with E-state index < -0.39 is 5.41 Å². The van der Waals surface area contributed by atoms with Gasteiger partial charge in [0, 0.05) is 27.7 Å². The quantitative estimate of drug-likeness (QED) is 0.152. The number of fused-ring (bicyclic) bond motifs is 6. The maximum absolute atomic E-state index is 6.39. The highest BCUT2D eigenvalue weighted by molar-refractivity contribution is 6.07. The van der Waals surface area contributed by atoms with Crippen molar-refractivity contribution in [1.82, 2.24) is 0 Å². The van der Waals surface area contributed by atoms with Crippen LogP contribution in [0.4, 0.5) is 17.1 Å². The van der Waals surface area contributed by atoms with Crippen molar-refractivity contribution < 1.29 is 4.42 Å². The fraction of sp³-hybridized carbons (Fsp3) is 0.0164. The van der Waals surface area contributed by atoms with E-state index in [1.54, 1.807) is 0 Å². The molecule has 0 saturated carbocycles. The number of benzene rings is 10. The van der Waals surface area contributed by atoms with Crippen LogP contribution in [-0.4, -0.2) is 0 Å². The van der Waals surface area contributed by atoms with Gasteiger partial charge in [0.25, 0.3) is 0 Å². The average Bonchev–Trinajstić information content (AvgIpc) is 3.88. The van der Waals surface area contributed by atoms with Gasteiger partial charge in [0.15, 0.2) is 0 Å². The van der Waals surface area contributed by atoms with E-state index in [9.17, 15) is 0 Å². The molecular formula is C61H41NO. The first kappa shape index (κ1) is 36.6. The number of hydrogen-bond donors (Lipinski definition) is 0. The fourth-order valence-corrected chi connectivity index (χ4v) is 10.3. The highest BCUT2D eigenvalue weighted by atomic mass is 16.3. The lowest BCUT2D eigenvalue weighted by Gasteiger charge is -2.34. The molecule has 1 aromatic heterocycles. The molecule has 2 nitrogen and oxygen atoms in total. The molecule has 0 amide bonds. The van der Waals surface area contributed by atoms with Crippen LogP contribution < -0.4 is 4.90 Å². The van der Waals surface area contributed by atoms with Gasteiger partial charge in [-0.2, -0.15) is 0 Å². The van der Waals surface area contributed by atoms with Crippen molar-refractivity contribution in [3.63, 3.8) is 0 Å². The molecule has 1 aliphatic carbocycles. The molecule has 0 fully saturated rings. The zero-order valence-corrected chi connectivity index (χ0v) is 34.5. The Balaban J connectivity index is 1.11. The SMILES string of the molecule is c1ccc(-c2ccccc2-c2ccccc2-c2ccccc2N(c2ccc3c(c2)-c2ccccc2C3(c2ccccc2)c2ccccc2)c2ccc3oc4ccccc4c3c2)cc1. The molecule has 0 unspecified atom stereocenters. The van der Waals surface area contributed by atoms with E-state index in [1.165, 1.54) is 55.6 Å². The first-order chi connectivity index (χ1) is 31.3. The predicted molar refractivity (Wildman–Crippen MR) is 262 cm³/mol. The van der Waals surface area contributed by atoms with Crippen molar-refractivity contribution in [2.45, 2.75) is 5.41 Å². The van der Waals surface area contributed by atoms with Gasteiger partial charge < -0.3 is 9.32 Å². The van der Waals surface area contributed by atoms with Gasteiger partial charge in [-0.15, -0.1) is 0 Å². The van der Waals surface area contributed by atoms with Crippen molar-refractivity contribution in [1.29, 1.82) is 0 Å². The Morgan fingerprint density at radius 2 is 0.778 bits per heavy atom. The van der Waals surface area contributed by atoms with Gasteiger partial charge in [-0.05, 0) is 104 Å². The van der Waals surface area contributed by atoms with Crippen LogP contribution in [0.5, 0.6) is 0 Å². The monoisotopic (exact) mass is 803 g/mol. The van der Waals surface area contributed by atoms with Crippen LogP contribution in [0.25, 0.3) is 66.4 Å². The first-order valence-corrected chi connectivity index (χ1v) is 21.7. The van der Waals surface area contributed by atoms with Crippen LogP contribution in [0.3, 0.4) is 0 Å². The van der Waals surface area contributed by atoms with Gasteiger partial charge >= 0.3 is 0 Å². The molecule has 12 rings (SSSR count). The summed E-state index contributed by atoms with van der Waals surface area (Å²) in [5.41, 5.74) is 19.1. The standard InChI is InChI=1S/C61H41NO/c1-4-20-42(21-5-1)47-26-10-11-27-48(47)49-28-12-13-29-50(49)52-31-15-18-34-58(52)62(46-37-39-60-55(41-46)53-32-16-19-35-59(53)63-60)45-36-38-57-54(40-45)51-30-14-17-33-56(51)61(57,43-22-6-2-7-23-43)44-24-8-3-9-25-44/h1-41H. The van der Waals surface area contributed by atoms with Gasteiger partial charge in [-0.25, -0.2) is 0 Å². The lowest BCUT2D eigenvalue weighted by molar-refractivity contribution is 0.669. The molecule has 0 radical (unpaired) electrons. The Morgan fingerprint density at radius 1 is 0.302 bits per heavy atom. The lowest BCUT2D eigenvalue weighted by Crippen LogP contribution is -2.28. The third-order valence-corrected chi connectivity index (χ3v) is 13.0. The average molecular weight is 804 g/mol. The molecule has 0 aliphatic heterocycles. The largest absolute Gasteiger partial charge is 0.456 e. The third-order valence-electron chi connectivity index (χ3n) is 13.0. The highest BCUT2D eigenvalue weighted by Gasteiger charge is 2.46. The van der Waals surface area contributed by atoms with E-state index in [0.717, 1.165) is 50.1 Å². The van der Waals surface area contributed by atoms with Gasteiger partial charge in [-0.3, -0.25) is 0 Å². The number of nitrogens with zero attached hydrogens (tertiary/aromatic N) is 1. The topological polar surface area (TPSA) is 16.4 Å². The summed E-state index contributed by atoms with van der Waals surface area (Å²) in [4.78, 5) is 2.45. The number of para-hydroxylation sites is 2. The van der Waals surface area contributed by atoms with Crippen molar-refractivity contribution in [3.05, 3.63) is 271 Å². The smallest absolute Gasteiger partial charge is 0.135 e. The second-order valence-electron chi connectivity index (χ2n) is 16.3. The predicted octanol–water partition coefficient (Wildman–Crippen LogP) is 16.4. The summed E-state index contributed by atoms with van der Waals surface area (Å²) < 4.78 is 6.39. The Morgan fingerprint density at radius 3 is 1.49 bits per heavy atom. The molecule has 0 saturated heterocycles. The highest BCUT2D eigenvalue weighted by Crippen LogP contribution is 2.57. The Bertz CT molecular complexity index is 3420. The zero-order chi connectivity index (χ0) is 41.7. The van der Waals surface area contributed by atoms with Crippen molar-refractivity contribution in [3.8, 4) is 44.5 Å². The van der Waals surface area contributed by atoms with Gasteiger partial charge in [0.2, 0.25) is 0 Å². The minimum Gasteiger partial charge on any atom is -0.456 e. The molecule has 2 heteroatoms. The molecule has 0 N–H and O–H groups in total. The van der Waals surface area contributed by atoms with Crippen LogP contribution in [0, 0.1) is 0 Å². The third kappa shape index (κ3) is 5.87. The summed E-state index contributed by atoms with van der Waals surface area (Å²) in [5, 5.41) is 2.19. The summed E-state index contributed by atoms with van der Waals surface area (Å²) in [6.45, 7) is 0. The molecule has 1 aliphatic rings. The van der Waals surface area contributed by atoms with Crippen LogP contribution in [0.2, 0.25) is 0 Å². The summed E-state index contributed by atoms with van der Waals surface area (Å²) in [6.07, 6.45) is 0. The number of furan rings is 1. The van der Waals surface area contributed by atoms with Crippen LogP contribution in [0.15, 0.2) is 253 Å². The second kappa shape index (κ2) is 15.1. The van der Waals surface area contributed by atoms with E-state index in [1.807, 2.05) is 6.07 Å². The van der Waals surface area contributed by atoms with Gasteiger partial charge in [0.05, 0.1) is 11.1 Å². The molecule has 0 atom stereocenters. The maximum atomic E-state index is 6.39. The molecule has 10 aromatic carbocycles. The zero-order valence-electron chi connectivity index (χ0n) is 34.5. The van der Waals surface area contributed by atoms with Gasteiger partial charge in [0.1, 0.15) is 11.2 Å². The van der Waals surface area contributed by atoms with Crippen LogP contribution >= 0.6 is 0 Å². The van der Waals surface area contributed by atoms with Crippen molar-refractivity contribution in [2.24, 2.45) is 0 Å². The normalized spacial score (nSPS) is 12.6. The minimum atomic E-state index is -0.491. The van der Waals surface area contributed by atoms with E-state index in [2.05, 4.69) is 248 Å². The van der Waals surface area contributed by atoms with E-state index in [-0.39, 0.29) is 0 Å². The van der Waals surface area contributed by atoms with E-state index >= 15 is 0 Å². The van der Waals surface area contributed by atoms with Crippen LogP contribution in [0.1, 0.15) is 22.3 Å². The van der Waals surface area contributed by atoms with Crippen molar-refractivity contribution >= 4 is 39.0 Å². The van der Waals surface area contributed by atoms with Crippen LogP contribution in [-0.2, 0) is 5.41 Å². The molecule has 296 valence electrons. The Kier molecular flexibility index (Phi) is 8.76. The summed E-state index contributed by atoms with van der Waals surface area (Å²) in [6, 6.07) is 90.3. The maximum Gasteiger partial charge on any atom is 0.135 e. The summed E-state index contributed by atoms with van der Waals surface area (Å²) in [5.74, 6) is 0. The van der Waals surface area contributed by atoms with Gasteiger partial charge in [-0.1, -0.05) is 206 Å². The fourth-order valence-electron chi connectivity index (χ4n) is 10.3. The number of hydrogen-bond acceptors (Lipinski definition) is 2. The molecule has 63 heavy (non-hydrogen) atoms. The Labute approximate surface area is 367 Å². The second-order valence-corrected chi connectivity index (χ2v) is 16.3. The molecule has 0 spiro atoms. The summed E-state index contributed by atoms with van der Waals surface area (Å²) in [7, 11) is 0. The van der Waals surface area contributed by atoms with E-state index in [0.29, 0.717) is 0 Å². The molecular weight excluding hydrogens is 763 g/mol. The molecule has 1 heterocycles. The number of anilines is 3. The van der Waals surface area contributed by atoms with E-state index in [4.69, 9.17) is 4.42 Å². The number of rotatable bonds is 8. The lowest BCUT2D eigenvalue weighted by atomic mass is 9.68. The summed E-state index contributed by atoms with van der Waals surface area (Å²) >= 11 is 0. The first-order valence-electron chi connectivity index (χ1n) is 21.7. The molecule has 11 aromatic rings. The minimum absolute atomic E-state index is 0.491.